The first-order valence-corrected chi connectivity index (χ1v) is 8.04. The molecule has 0 spiro atoms. The molecule has 3 rings (SSSR count). The number of halogens is 2. The van der Waals surface area contributed by atoms with Gasteiger partial charge in [0.1, 0.15) is 17.3 Å². The number of carbonyl (C=O) groups is 1. The van der Waals surface area contributed by atoms with Gasteiger partial charge in [0.25, 0.3) is 5.91 Å². The second-order valence-electron chi connectivity index (χ2n) is 5.85. The lowest BCUT2D eigenvalue weighted by Gasteiger charge is -2.27. The van der Waals surface area contributed by atoms with Crippen molar-refractivity contribution in [3.63, 3.8) is 0 Å². The number of aromatic nitrogens is 1. The maximum atomic E-state index is 14.3. The molecular weight excluding hydrogens is 328 g/mol. The summed E-state index contributed by atoms with van der Waals surface area (Å²) in [5.41, 5.74) is 7.85. The molecule has 0 aliphatic carbocycles. The summed E-state index contributed by atoms with van der Waals surface area (Å²) >= 11 is 0. The van der Waals surface area contributed by atoms with Crippen molar-refractivity contribution in [3.8, 4) is 11.1 Å². The fraction of sp³-hybridized carbons (Fsp3) is 0.333. The predicted molar refractivity (Wildman–Crippen MR) is 88.9 cm³/mol. The highest BCUT2D eigenvalue weighted by Crippen LogP contribution is 2.29. The molecular formula is C18H19F2N3O2. The summed E-state index contributed by atoms with van der Waals surface area (Å²) in [6.07, 6.45) is 0. The van der Waals surface area contributed by atoms with Crippen molar-refractivity contribution in [2.75, 3.05) is 26.3 Å². The van der Waals surface area contributed by atoms with E-state index >= 15 is 0 Å². The zero-order chi connectivity index (χ0) is 18.0. The number of hydrogen-bond donors (Lipinski definition) is 1. The average molecular weight is 347 g/mol. The van der Waals surface area contributed by atoms with Crippen molar-refractivity contribution in [1.82, 2.24) is 9.88 Å². The van der Waals surface area contributed by atoms with Gasteiger partial charge >= 0.3 is 0 Å². The Morgan fingerprint density at radius 1 is 1.24 bits per heavy atom. The fourth-order valence-corrected chi connectivity index (χ4v) is 2.94. The summed E-state index contributed by atoms with van der Waals surface area (Å²) in [7, 11) is 0. The molecule has 0 saturated carbocycles. The van der Waals surface area contributed by atoms with Crippen molar-refractivity contribution >= 4 is 5.91 Å². The van der Waals surface area contributed by atoms with Gasteiger partial charge in [-0.1, -0.05) is 0 Å². The lowest BCUT2D eigenvalue weighted by Crippen LogP contribution is -2.41. The molecule has 25 heavy (non-hydrogen) atoms. The first kappa shape index (κ1) is 17.4. The van der Waals surface area contributed by atoms with Gasteiger partial charge in [-0.05, 0) is 36.2 Å². The van der Waals surface area contributed by atoms with Gasteiger partial charge in [0.2, 0.25) is 0 Å². The number of amides is 1. The molecule has 2 aromatic rings. The molecule has 1 aromatic carbocycles. The Balaban J connectivity index is 2.07. The van der Waals surface area contributed by atoms with E-state index in [1.54, 1.807) is 11.8 Å². The summed E-state index contributed by atoms with van der Waals surface area (Å²) < 4.78 is 32.7. The van der Waals surface area contributed by atoms with Crippen LogP contribution in [-0.2, 0) is 11.3 Å². The van der Waals surface area contributed by atoms with Crippen molar-refractivity contribution < 1.29 is 18.3 Å². The molecule has 7 heteroatoms. The van der Waals surface area contributed by atoms with Crippen LogP contribution in [0, 0.1) is 18.6 Å². The lowest BCUT2D eigenvalue weighted by atomic mass is 9.97. The minimum atomic E-state index is -0.704. The Morgan fingerprint density at radius 2 is 1.96 bits per heavy atom. The Kier molecular flexibility index (Phi) is 5.06. The van der Waals surface area contributed by atoms with Crippen molar-refractivity contribution in [2.45, 2.75) is 13.5 Å². The maximum absolute atomic E-state index is 14.3. The molecule has 2 heterocycles. The molecule has 1 aliphatic heterocycles. The van der Waals surface area contributed by atoms with Gasteiger partial charge in [-0.3, -0.25) is 4.79 Å². The van der Waals surface area contributed by atoms with Crippen LogP contribution < -0.4 is 5.73 Å². The van der Waals surface area contributed by atoms with Gasteiger partial charge < -0.3 is 15.4 Å². The molecule has 1 amide bonds. The first-order chi connectivity index (χ1) is 12.0. The molecule has 0 unspecified atom stereocenters. The Hall–Kier alpha value is -2.38. The lowest BCUT2D eigenvalue weighted by molar-refractivity contribution is 0.0299. The van der Waals surface area contributed by atoms with Crippen LogP contribution in [0.4, 0.5) is 8.78 Å². The normalized spacial score (nSPS) is 14.6. The number of hydrogen-bond acceptors (Lipinski definition) is 4. The summed E-state index contributed by atoms with van der Waals surface area (Å²) in [4.78, 5) is 18.7. The molecule has 1 fully saturated rings. The highest BCUT2D eigenvalue weighted by molar-refractivity contribution is 5.94. The van der Waals surface area contributed by atoms with Crippen molar-refractivity contribution in [3.05, 3.63) is 52.9 Å². The summed E-state index contributed by atoms with van der Waals surface area (Å²) in [5, 5.41) is 0. The number of benzene rings is 1. The molecule has 0 radical (unpaired) electrons. The van der Waals surface area contributed by atoms with E-state index in [1.807, 2.05) is 0 Å². The van der Waals surface area contributed by atoms with Crippen LogP contribution in [-0.4, -0.2) is 42.1 Å². The van der Waals surface area contributed by atoms with E-state index in [4.69, 9.17) is 10.5 Å². The van der Waals surface area contributed by atoms with E-state index in [0.717, 1.165) is 6.07 Å². The Bertz CT molecular complexity index is 805. The van der Waals surface area contributed by atoms with Crippen LogP contribution >= 0.6 is 0 Å². The minimum absolute atomic E-state index is 0.136. The van der Waals surface area contributed by atoms with E-state index in [0.29, 0.717) is 43.1 Å². The molecule has 1 aliphatic rings. The van der Waals surface area contributed by atoms with Gasteiger partial charge in [-0.2, -0.15) is 0 Å². The van der Waals surface area contributed by atoms with Crippen LogP contribution in [0.2, 0.25) is 0 Å². The number of pyridine rings is 1. The van der Waals surface area contributed by atoms with E-state index in [9.17, 15) is 13.6 Å². The van der Waals surface area contributed by atoms with E-state index in [2.05, 4.69) is 4.98 Å². The third-order valence-corrected chi connectivity index (χ3v) is 4.27. The van der Waals surface area contributed by atoms with Crippen molar-refractivity contribution in [1.29, 1.82) is 0 Å². The number of morpholine rings is 1. The number of nitrogens with zero attached hydrogens (tertiary/aromatic N) is 2. The highest BCUT2D eigenvalue weighted by Gasteiger charge is 2.23. The van der Waals surface area contributed by atoms with Crippen LogP contribution in [0.1, 0.15) is 21.7 Å². The fourth-order valence-electron chi connectivity index (χ4n) is 2.94. The van der Waals surface area contributed by atoms with Gasteiger partial charge in [-0.15, -0.1) is 0 Å². The first-order valence-electron chi connectivity index (χ1n) is 8.04. The van der Waals surface area contributed by atoms with Crippen LogP contribution in [0.3, 0.4) is 0 Å². The largest absolute Gasteiger partial charge is 0.378 e. The topological polar surface area (TPSA) is 68.5 Å². The molecule has 0 bridgehead atoms. The second kappa shape index (κ2) is 7.25. The second-order valence-corrected chi connectivity index (χ2v) is 5.85. The summed E-state index contributed by atoms with van der Waals surface area (Å²) in [6.45, 7) is 3.78. The standard InChI is InChI=1S/C18H19F2N3O2/c1-11-15(10-21)14(13-3-2-12(19)8-16(13)20)9-17(22-11)18(24)23-4-6-25-7-5-23/h2-3,8-9H,4-7,10,21H2,1H3. The average Bonchev–Trinajstić information content (AvgIpc) is 2.61. The van der Waals surface area contributed by atoms with Gasteiger partial charge in [0, 0.05) is 37.0 Å². The zero-order valence-corrected chi connectivity index (χ0v) is 13.9. The van der Waals surface area contributed by atoms with Crippen molar-refractivity contribution in [2.24, 2.45) is 5.73 Å². The Morgan fingerprint density at radius 3 is 2.60 bits per heavy atom. The monoisotopic (exact) mass is 347 g/mol. The van der Waals surface area contributed by atoms with Crippen LogP contribution in [0.25, 0.3) is 11.1 Å². The molecule has 1 aromatic heterocycles. The number of ether oxygens (including phenoxy) is 1. The highest BCUT2D eigenvalue weighted by atomic mass is 19.1. The molecule has 0 atom stereocenters. The Labute approximate surface area is 144 Å². The molecule has 132 valence electrons. The summed E-state index contributed by atoms with van der Waals surface area (Å²) in [6, 6.07) is 4.87. The van der Waals surface area contributed by atoms with Gasteiger partial charge in [0.05, 0.1) is 13.2 Å². The third-order valence-electron chi connectivity index (χ3n) is 4.27. The van der Waals surface area contributed by atoms with E-state index < -0.39 is 11.6 Å². The van der Waals surface area contributed by atoms with Gasteiger partial charge in [-0.25, -0.2) is 13.8 Å². The quantitative estimate of drug-likeness (QED) is 0.925. The van der Waals surface area contributed by atoms with E-state index in [1.165, 1.54) is 18.2 Å². The molecule has 5 nitrogen and oxygen atoms in total. The smallest absolute Gasteiger partial charge is 0.272 e. The maximum Gasteiger partial charge on any atom is 0.272 e. The zero-order valence-electron chi connectivity index (χ0n) is 13.9. The molecule has 1 saturated heterocycles. The predicted octanol–water partition coefficient (Wildman–Crippen LogP) is 2.27. The van der Waals surface area contributed by atoms with E-state index in [-0.39, 0.29) is 23.7 Å². The van der Waals surface area contributed by atoms with Crippen LogP contribution in [0.5, 0.6) is 0 Å². The van der Waals surface area contributed by atoms with Gasteiger partial charge in [0.15, 0.2) is 0 Å². The number of rotatable bonds is 3. The van der Waals surface area contributed by atoms with Crippen LogP contribution in [0.15, 0.2) is 24.3 Å². The number of carbonyl (C=O) groups excluding carboxylic acids is 1. The summed E-state index contributed by atoms with van der Waals surface area (Å²) in [5.74, 6) is -1.60. The SMILES string of the molecule is Cc1nc(C(=O)N2CCOCC2)cc(-c2ccc(F)cc2F)c1CN. The molecule has 2 N–H and O–H groups in total. The number of nitrogens with two attached hydrogens (primary N) is 1. The number of aryl methyl sites for hydroxylation is 1. The third kappa shape index (κ3) is 3.52. The minimum Gasteiger partial charge on any atom is -0.378 e.